The zero-order valence-electron chi connectivity index (χ0n) is 5.50. The molecule has 1 aromatic carbocycles. The van der Waals surface area contributed by atoms with Gasteiger partial charge in [-0.3, -0.25) is 0 Å². The third kappa shape index (κ3) is 0.938. The maximum absolute atomic E-state index is 9.10. The van der Waals surface area contributed by atoms with E-state index in [1.807, 2.05) is 12.1 Å². The molecule has 0 aliphatic carbocycles. The van der Waals surface area contributed by atoms with E-state index in [0.717, 1.165) is 15.0 Å². The van der Waals surface area contributed by atoms with Gasteiger partial charge in [-0.2, -0.15) is 0 Å². The van der Waals surface area contributed by atoms with Crippen molar-refractivity contribution in [3.63, 3.8) is 0 Å². The summed E-state index contributed by atoms with van der Waals surface area (Å²) in [6, 6.07) is 5.71. The molecular formula is C8H8OSe. The fourth-order valence-electron chi connectivity index (χ4n) is 1.16. The summed E-state index contributed by atoms with van der Waals surface area (Å²) < 4.78 is 0. The number of aromatic hydroxyl groups is 1. The van der Waals surface area contributed by atoms with E-state index >= 15 is 0 Å². The normalized spacial score (nSPS) is 15.2. The molecule has 0 amide bonds. The first-order valence-electron chi connectivity index (χ1n) is 3.25. The summed E-state index contributed by atoms with van der Waals surface area (Å²) >= 11 is 0.760. The van der Waals surface area contributed by atoms with E-state index in [0.29, 0.717) is 5.75 Å². The molecular weight excluding hydrogens is 191 g/mol. The van der Waals surface area contributed by atoms with Gasteiger partial charge >= 0.3 is 65.8 Å². The third-order valence-corrected chi connectivity index (χ3v) is 3.87. The van der Waals surface area contributed by atoms with Gasteiger partial charge in [0.25, 0.3) is 0 Å². The minimum atomic E-state index is 0.413. The molecule has 0 saturated heterocycles. The molecule has 1 aromatic rings. The summed E-state index contributed by atoms with van der Waals surface area (Å²) in [5.41, 5.74) is 2.80. The van der Waals surface area contributed by atoms with Crippen molar-refractivity contribution >= 4 is 15.0 Å². The van der Waals surface area contributed by atoms with Gasteiger partial charge in [0.15, 0.2) is 0 Å². The van der Waals surface area contributed by atoms with Gasteiger partial charge in [-0.25, -0.2) is 0 Å². The Morgan fingerprint density at radius 3 is 2.90 bits per heavy atom. The van der Waals surface area contributed by atoms with Crippen LogP contribution in [0.25, 0.3) is 0 Å². The third-order valence-electron chi connectivity index (χ3n) is 1.70. The first-order chi connectivity index (χ1) is 4.86. The summed E-state index contributed by atoms with van der Waals surface area (Å²) in [4.78, 5) is 0. The predicted molar refractivity (Wildman–Crippen MR) is 41.3 cm³/mol. The number of rotatable bonds is 0. The van der Waals surface area contributed by atoms with Gasteiger partial charge in [-0.1, -0.05) is 0 Å². The Hall–Kier alpha value is -0.461. The van der Waals surface area contributed by atoms with Crippen LogP contribution in [0, 0.1) is 0 Å². The zero-order chi connectivity index (χ0) is 6.97. The van der Waals surface area contributed by atoms with E-state index in [2.05, 4.69) is 0 Å². The molecule has 0 atom stereocenters. The molecule has 1 aliphatic heterocycles. The van der Waals surface area contributed by atoms with Crippen molar-refractivity contribution in [2.24, 2.45) is 0 Å². The molecule has 52 valence electrons. The SMILES string of the molecule is Oc1ccc2c(c1)C[Se]C2. The second-order valence-corrected chi connectivity index (χ2v) is 4.51. The molecule has 2 heteroatoms. The van der Waals surface area contributed by atoms with E-state index in [1.54, 1.807) is 6.07 Å². The summed E-state index contributed by atoms with van der Waals surface area (Å²) in [7, 11) is 0. The average Bonchev–Trinajstić information content (AvgIpc) is 2.33. The summed E-state index contributed by atoms with van der Waals surface area (Å²) in [5, 5.41) is 11.6. The van der Waals surface area contributed by atoms with Crippen molar-refractivity contribution in [1.29, 1.82) is 0 Å². The number of phenols is 1. The molecule has 1 N–H and O–H groups in total. The van der Waals surface area contributed by atoms with Crippen molar-refractivity contribution in [2.45, 2.75) is 10.6 Å². The van der Waals surface area contributed by atoms with Crippen molar-refractivity contribution < 1.29 is 5.11 Å². The molecule has 2 rings (SSSR count). The van der Waals surface area contributed by atoms with E-state index in [4.69, 9.17) is 5.11 Å². The van der Waals surface area contributed by atoms with Gasteiger partial charge in [0.1, 0.15) is 0 Å². The van der Waals surface area contributed by atoms with Gasteiger partial charge in [0, 0.05) is 0 Å². The van der Waals surface area contributed by atoms with Gasteiger partial charge in [-0.15, -0.1) is 0 Å². The van der Waals surface area contributed by atoms with Crippen molar-refractivity contribution in [2.75, 3.05) is 0 Å². The van der Waals surface area contributed by atoms with Crippen LogP contribution in [0.3, 0.4) is 0 Å². The van der Waals surface area contributed by atoms with Crippen LogP contribution < -0.4 is 0 Å². The molecule has 0 spiro atoms. The van der Waals surface area contributed by atoms with Gasteiger partial charge in [0.2, 0.25) is 0 Å². The second-order valence-electron chi connectivity index (χ2n) is 2.45. The molecule has 1 heterocycles. The summed E-state index contributed by atoms with van der Waals surface area (Å²) in [5.74, 6) is 0.413. The molecule has 1 aliphatic rings. The Labute approximate surface area is 66.2 Å². The van der Waals surface area contributed by atoms with E-state index in [1.165, 1.54) is 21.8 Å². The van der Waals surface area contributed by atoms with Gasteiger partial charge in [0.05, 0.1) is 0 Å². The van der Waals surface area contributed by atoms with Crippen LogP contribution in [-0.4, -0.2) is 20.1 Å². The van der Waals surface area contributed by atoms with Crippen molar-refractivity contribution in [3.05, 3.63) is 29.3 Å². The molecule has 0 saturated carbocycles. The monoisotopic (exact) mass is 200 g/mol. The Bertz CT molecular complexity index is 257. The fourth-order valence-corrected chi connectivity index (χ4v) is 3.45. The van der Waals surface area contributed by atoms with Crippen LogP contribution in [0.4, 0.5) is 0 Å². The van der Waals surface area contributed by atoms with E-state index < -0.39 is 0 Å². The van der Waals surface area contributed by atoms with E-state index in [-0.39, 0.29) is 0 Å². The predicted octanol–water partition coefficient (Wildman–Crippen LogP) is 1.11. The number of hydrogen-bond donors (Lipinski definition) is 1. The average molecular weight is 199 g/mol. The standard InChI is InChI=1S/C8H8OSe/c9-8-2-1-6-4-10-5-7(6)3-8/h1-3,9H,4-5H2. The van der Waals surface area contributed by atoms with Crippen LogP contribution in [0.5, 0.6) is 5.75 Å². The number of benzene rings is 1. The molecule has 1 nitrogen and oxygen atoms in total. The quantitative estimate of drug-likeness (QED) is 0.620. The Morgan fingerprint density at radius 2 is 2.00 bits per heavy atom. The summed E-state index contributed by atoms with van der Waals surface area (Å²) in [6.07, 6.45) is 0. The van der Waals surface area contributed by atoms with Crippen LogP contribution in [-0.2, 0) is 10.6 Å². The molecule has 0 aromatic heterocycles. The summed E-state index contributed by atoms with van der Waals surface area (Å²) in [6.45, 7) is 0. The first-order valence-corrected chi connectivity index (χ1v) is 5.67. The van der Waals surface area contributed by atoms with Gasteiger partial charge in [-0.05, 0) is 0 Å². The molecule has 0 fully saturated rings. The van der Waals surface area contributed by atoms with E-state index in [9.17, 15) is 0 Å². The van der Waals surface area contributed by atoms with Crippen LogP contribution >= 0.6 is 0 Å². The Balaban J connectivity index is 2.52. The van der Waals surface area contributed by atoms with Crippen LogP contribution in [0.1, 0.15) is 11.1 Å². The number of fused-ring (bicyclic) bond motifs is 1. The van der Waals surface area contributed by atoms with Crippen molar-refractivity contribution in [1.82, 2.24) is 0 Å². The second kappa shape index (κ2) is 2.30. The molecule has 0 unspecified atom stereocenters. The zero-order valence-corrected chi connectivity index (χ0v) is 7.21. The van der Waals surface area contributed by atoms with Crippen LogP contribution in [0.15, 0.2) is 18.2 Å². The molecule has 0 radical (unpaired) electrons. The Kier molecular flexibility index (Phi) is 1.44. The maximum atomic E-state index is 9.10. The molecule has 10 heavy (non-hydrogen) atoms. The number of phenolic OH excluding ortho intramolecular Hbond substituents is 1. The van der Waals surface area contributed by atoms with Gasteiger partial charge < -0.3 is 0 Å². The Morgan fingerprint density at radius 1 is 1.20 bits per heavy atom. The first kappa shape index (κ1) is 6.26. The minimum absolute atomic E-state index is 0.413. The topological polar surface area (TPSA) is 20.2 Å². The molecule has 0 bridgehead atoms. The fraction of sp³-hybridized carbons (Fsp3) is 0.250. The number of hydrogen-bond acceptors (Lipinski definition) is 1. The van der Waals surface area contributed by atoms with Crippen molar-refractivity contribution in [3.8, 4) is 5.75 Å². The van der Waals surface area contributed by atoms with Crippen LogP contribution in [0.2, 0.25) is 0 Å².